The van der Waals surface area contributed by atoms with Crippen LogP contribution in [0, 0.1) is 0 Å². The molecule has 0 bridgehead atoms. The van der Waals surface area contributed by atoms with Crippen LogP contribution >= 0.6 is 11.8 Å². The topological polar surface area (TPSA) is 49.8 Å². The van der Waals surface area contributed by atoms with Crippen LogP contribution in [0.2, 0.25) is 0 Å². The summed E-state index contributed by atoms with van der Waals surface area (Å²) < 4.78 is 5.75. The smallest absolute Gasteiger partial charge is 0.410 e. The molecule has 0 aromatic heterocycles. The molecule has 1 N–H and O–H groups in total. The maximum Gasteiger partial charge on any atom is 0.410 e. The van der Waals surface area contributed by atoms with Crippen molar-refractivity contribution >= 4 is 17.9 Å². The van der Waals surface area contributed by atoms with Gasteiger partial charge in [0.1, 0.15) is 6.61 Å². The quantitative estimate of drug-likeness (QED) is 0.892. The lowest BCUT2D eigenvalue weighted by Gasteiger charge is -2.34. The summed E-state index contributed by atoms with van der Waals surface area (Å²) in [5.74, 6) is 1.87. The molecular formula is C21H23NO3S. The van der Waals surface area contributed by atoms with Crippen LogP contribution in [-0.4, -0.2) is 53.4 Å². The van der Waals surface area contributed by atoms with E-state index in [2.05, 4.69) is 36.4 Å². The van der Waals surface area contributed by atoms with Crippen LogP contribution in [0.1, 0.15) is 23.5 Å². The van der Waals surface area contributed by atoms with E-state index in [-0.39, 0.29) is 24.7 Å². The van der Waals surface area contributed by atoms with Gasteiger partial charge in [-0.1, -0.05) is 48.5 Å². The van der Waals surface area contributed by atoms with E-state index >= 15 is 0 Å². The number of fused-ring (bicyclic) bond motifs is 3. The fourth-order valence-electron chi connectivity index (χ4n) is 3.96. The van der Waals surface area contributed by atoms with E-state index in [1.807, 2.05) is 23.9 Å². The number of amides is 1. The Bertz CT molecular complexity index is 747. The number of benzene rings is 2. The lowest BCUT2D eigenvalue weighted by Crippen LogP contribution is -2.47. The average Bonchev–Trinajstić information content (AvgIpc) is 3.01. The monoisotopic (exact) mass is 369 g/mol. The second-order valence-corrected chi connectivity index (χ2v) is 7.89. The van der Waals surface area contributed by atoms with Gasteiger partial charge in [0, 0.05) is 36.6 Å². The highest BCUT2D eigenvalue weighted by atomic mass is 32.2. The molecule has 1 amide bonds. The normalized spacial score (nSPS) is 19.1. The predicted molar refractivity (Wildman–Crippen MR) is 105 cm³/mol. The SMILES string of the molecule is O=C(OCC1c2ccccc2-c2ccccc21)N1CCSCC1CCO. The summed E-state index contributed by atoms with van der Waals surface area (Å²) in [7, 11) is 0. The van der Waals surface area contributed by atoms with Crippen molar-refractivity contribution in [3.63, 3.8) is 0 Å². The summed E-state index contributed by atoms with van der Waals surface area (Å²) in [5.41, 5.74) is 4.92. The van der Waals surface area contributed by atoms with Crippen LogP contribution in [0.3, 0.4) is 0 Å². The molecule has 0 saturated carbocycles. The van der Waals surface area contributed by atoms with E-state index in [9.17, 15) is 9.90 Å². The summed E-state index contributed by atoms with van der Waals surface area (Å²) in [6.07, 6.45) is 0.350. The van der Waals surface area contributed by atoms with Crippen molar-refractivity contribution in [1.29, 1.82) is 0 Å². The van der Waals surface area contributed by atoms with Gasteiger partial charge in [-0.2, -0.15) is 11.8 Å². The van der Waals surface area contributed by atoms with Gasteiger partial charge in [0.25, 0.3) is 0 Å². The molecule has 1 unspecified atom stereocenters. The first-order chi connectivity index (χ1) is 12.8. The van der Waals surface area contributed by atoms with Crippen LogP contribution in [0.5, 0.6) is 0 Å². The Morgan fingerprint density at radius 2 is 1.77 bits per heavy atom. The highest BCUT2D eigenvalue weighted by Gasteiger charge is 2.32. The molecule has 2 aromatic rings. The van der Waals surface area contributed by atoms with Gasteiger partial charge >= 0.3 is 6.09 Å². The minimum Gasteiger partial charge on any atom is -0.448 e. The highest BCUT2D eigenvalue weighted by molar-refractivity contribution is 7.99. The van der Waals surface area contributed by atoms with Crippen molar-refractivity contribution in [2.75, 3.05) is 31.3 Å². The number of rotatable bonds is 4. The second kappa shape index (κ2) is 7.72. The maximum absolute atomic E-state index is 12.7. The van der Waals surface area contributed by atoms with Crippen molar-refractivity contribution in [2.24, 2.45) is 0 Å². The lowest BCUT2D eigenvalue weighted by atomic mass is 9.98. The summed E-state index contributed by atoms with van der Waals surface area (Å²) in [5, 5.41) is 9.25. The van der Waals surface area contributed by atoms with E-state index in [4.69, 9.17) is 4.74 Å². The van der Waals surface area contributed by atoms with Crippen LogP contribution in [0.15, 0.2) is 48.5 Å². The molecule has 2 aliphatic rings. The first-order valence-electron chi connectivity index (χ1n) is 9.10. The first kappa shape index (κ1) is 17.4. The van der Waals surface area contributed by atoms with Crippen molar-refractivity contribution in [2.45, 2.75) is 18.4 Å². The molecule has 2 aromatic carbocycles. The molecule has 1 heterocycles. The van der Waals surface area contributed by atoms with Crippen molar-refractivity contribution < 1.29 is 14.6 Å². The molecule has 1 atom stereocenters. The van der Waals surface area contributed by atoms with Gasteiger partial charge in [-0.25, -0.2) is 4.79 Å². The van der Waals surface area contributed by atoms with Gasteiger partial charge < -0.3 is 14.7 Å². The van der Waals surface area contributed by atoms with Crippen molar-refractivity contribution in [1.82, 2.24) is 4.90 Å². The van der Waals surface area contributed by atoms with Crippen LogP contribution < -0.4 is 0 Å². The average molecular weight is 369 g/mol. The largest absolute Gasteiger partial charge is 0.448 e. The molecule has 4 rings (SSSR count). The number of hydrogen-bond donors (Lipinski definition) is 1. The highest BCUT2D eigenvalue weighted by Crippen LogP contribution is 2.44. The Morgan fingerprint density at radius 1 is 1.12 bits per heavy atom. The number of aliphatic hydroxyl groups excluding tert-OH is 1. The number of hydrogen-bond acceptors (Lipinski definition) is 4. The Hall–Kier alpha value is -1.98. The fourth-order valence-corrected chi connectivity index (χ4v) is 5.07. The summed E-state index contributed by atoms with van der Waals surface area (Å²) >= 11 is 1.83. The Balaban J connectivity index is 1.50. The van der Waals surface area contributed by atoms with E-state index in [1.165, 1.54) is 22.3 Å². The molecule has 4 nitrogen and oxygen atoms in total. The van der Waals surface area contributed by atoms with E-state index < -0.39 is 0 Å². The van der Waals surface area contributed by atoms with Gasteiger partial charge in [0.2, 0.25) is 0 Å². The minimum atomic E-state index is -0.259. The molecule has 1 saturated heterocycles. The fraction of sp³-hybridized carbons (Fsp3) is 0.381. The number of carbonyl (C=O) groups excluding carboxylic acids is 1. The van der Waals surface area contributed by atoms with E-state index in [0.717, 1.165) is 11.5 Å². The maximum atomic E-state index is 12.7. The third-order valence-electron chi connectivity index (χ3n) is 5.26. The van der Waals surface area contributed by atoms with Crippen LogP contribution in [0.25, 0.3) is 11.1 Å². The summed E-state index contributed by atoms with van der Waals surface area (Å²) in [4.78, 5) is 14.5. The third-order valence-corrected chi connectivity index (χ3v) is 6.35. The molecule has 0 radical (unpaired) electrons. The van der Waals surface area contributed by atoms with Gasteiger partial charge in [-0.15, -0.1) is 0 Å². The number of thioether (sulfide) groups is 1. The van der Waals surface area contributed by atoms with Crippen LogP contribution in [-0.2, 0) is 4.74 Å². The Morgan fingerprint density at radius 3 is 2.42 bits per heavy atom. The van der Waals surface area contributed by atoms with Gasteiger partial charge in [-0.05, 0) is 28.7 Å². The van der Waals surface area contributed by atoms with Crippen LogP contribution in [0.4, 0.5) is 4.79 Å². The molecule has 1 fully saturated rings. The predicted octanol–water partition coefficient (Wildman–Crippen LogP) is 3.74. The van der Waals surface area contributed by atoms with E-state index in [1.54, 1.807) is 4.90 Å². The van der Waals surface area contributed by atoms with Gasteiger partial charge in [0.05, 0.1) is 0 Å². The van der Waals surface area contributed by atoms with Gasteiger partial charge in [0.15, 0.2) is 0 Å². The van der Waals surface area contributed by atoms with Gasteiger partial charge in [-0.3, -0.25) is 0 Å². The number of aliphatic hydroxyl groups is 1. The second-order valence-electron chi connectivity index (χ2n) is 6.74. The van der Waals surface area contributed by atoms with E-state index in [0.29, 0.717) is 19.6 Å². The number of nitrogens with zero attached hydrogens (tertiary/aromatic N) is 1. The molecule has 0 spiro atoms. The zero-order valence-electron chi connectivity index (χ0n) is 14.6. The number of carbonyl (C=O) groups is 1. The zero-order valence-corrected chi connectivity index (χ0v) is 15.5. The van der Waals surface area contributed by atoms with Crippen molar-refractivity contribution in [3.05, 3.63) is 59.7 Å². The number of ether oxygens (including phenoxy) is 1. The molecule has 1 aliphatic carbocycles. The first-order valence-corrected chi connectivity index (χ1v) is 10.3. The molecule has 5 heteroatoms. The standard InChI is InChI=1S/C21H23NO3S/c23-11-9-15-14-26-12-10-22(15)21(24)25-13-20-18-7-3-1-5-16(18)17-6-2-4-8-19(17)20/h1-8,15,20,23H,9-14H2. The lowest BCUT2D eigenvalue weighted by molar-refractivity contribution is 0.0832. The Kier molecular flexibility index (Phi) is 5.18. The minimum absolute atomic E-state index is 0.0643. The Labute approximate surface area is 158 Å². The summed E-state index contributed by atoms with van der Waals surface area (Å²) in [6, 6.07) is 16.8. The molecule has 1 aliphatic heterocycles. The zero-order chi connectivity index (χ0) is 17.9. The third kappa shape index (κ3) is 3.21. The molecular weight excluding hydrogens is 346 g/mol. The molecule has 136 valence electrons. The van der Waals surface area contributed by atoms with Crippen molar-refractivity contribution in [3.8, 4) is 11.1 Å². The summed E-state index contributed by atoms with van der Waals surface area (Å²) in [6.45, 7) is 1.13. The molecule has 26 heavy (non-hydrogen) atoms.